The Kier molecular flexibility index (Phi) is 4.07. The van der Waals surface area contributed by atoms with Crippen molar-refractivity contribution in [2.45, 2.75) is 19.2 Å². The third-order valence-electron chi connectivity index (χ3n) is 4.34. The molecule has 1 aliphatic heterocycles. The molecule has 2 heterocycles. The van der Waals surface area contributed by atoms with Crippen molar-refractivity contribution in [3.8, 4) is 0 Å². The Hall–Kier alpha value is -2.92. The van der Waals surface area contributed by atoms with Crippen molar-refractivity contribution >= 4 is 0 Å². The van der Waals surface area contributed by atoms with Gasteiger partial charge in [-0.3, -0.25) is 13.9 Å². The number of aromatic nitrogens is 2. The first-order valence-corrected chi connectivity index (χ1v) is 8.26. The van der Waals surface area contributed by atoms with Gasteiger partial charge < -0.3 is 4.74 Å². The maximum absolute atomic E-state index is 13.0. The van der Waals surface area contributed by atoms with Crippen LogP contribution in [0.4, 0.5) is 0 Å². The van der Waals surface area contributed by atoms with Gasteiger partial charge in [-0.1, -0.05) is 60.7 Å². The van der Waals surface area contributed by atoms with Crippen LogP contribution >= 0.6 is 0 Å². The second kappa shape index (κ2) is 6.53. The van der Waals surface area contributed by atoms with Crippen molar-refractivity contribution in [2.24, 2.45) is 0 Å². The zero-order valence-corrected chi connectivity index (χ0v) is 13.7. The lowest BCUT2D eigenvalue weighted by molar-refractivity contribution is 0.399. The maximum Gasteiger partial charge on any atom is 0.331 e. The van der Waals surface area contributed by atoms with Crippen molar-refractivity contribution in [1.82, 2.24) is 9.13 Å². The first-order valence-electron chi connectivity index (χ1n) is 8.26. The van der Waals surface area contributed by atoms with Crippen molar-refractivity contribution in [2.75, 3.05) is 6.61 Å². The van der Waals surface area contributed by atoms with Crippen LogP contribution in [0.3, 0.4) is 0 Å². The molecule has 0 radical (unpaired) electrons. The summed E-state index contributed by atoms with van der Waals surface area (Å²) in [5, 5.41) is 0. The summed E-state index contributed by atoms with van der Waals surface area (Å²) in [5.41, 5.74) is 2.00. The molecule has 0 spiro atoms. The minimum absolute atomic E-state index is 0.157. The molecule has 5 nitrogen and oxygen atoms in total. The van der Waals surface area contributed by atoms with E-state index in [0.29, 0.717) is 18.8 Å². The molecule has 1 saturated heterocycles. The van der Waals surface area contributed by atoms with Gasteiger partial charge in [0.05, 0.1) is 25.4 Å². The molecule has 1 unspecified atom stereocenters. The minimum atomic E-state index is -0.300. The first-order chi connectivity index (χ1) is 12.2. The third kappa shape index (κ3) is 3.32. The molecule has 0 amide bonds. The zero-order chi connectivity index (χ0) is 17.2. The van der Waals surface area contributed by atoms with Crippen LogP contribution in [0.15, 0.2) is 76.3 Å². The Morgan fingerprint density at radius 3 is 1.88 bits per heavy atom. The average Bonchev–Trinajstić information content (AvgIpc) is 3.48. The summed E-state index contributed by atoms with van der Waals surface area (Å²) < 4.78 is 8.27. The van der Waals surface area contributed by atoms with E-state index >= 15 is 0 Å². The van der Waals surface area contributed by atoms with Crippen LogP contribution in [-0.4, -0.2) is 15.7 Å². The Bertz CT molecular complexity index is 987. The van der Waals surface area contributed by atoms with E-state index in [0.717, 1.165) is 11.1 Å². The molecule has 5 heteroatoms. The number of epoxide rings is 1. The second-order valence-corrected chi connectivity index (χ2v) is 6.16. The highest BCUT2D eigenvalue weighted by molar-refractivity contribution is 5.19. The molecule has 0 N–H and O–H groups in total. The van der Waals surface area contributed by atoms with Crippen LogP contribution in [0.2, 0.25) is 0 Å². The monoisotopic (exact) mass is 334 g/mol. The van der Waals surface area contributed by atoms with Crippen LogP contribution in [0.5, 0.6) is 0 Å². The molecule has 1 fully saturated rings. The van der Waals surface area contributed by atoms with E-state index < -0.39 is 0 Å². The van der Waals surface area contributed by atoms with Crippen molar-refractivity contribution < 1.29 is 4.74 Å². The van der Waals surface area contributed by atoms with E-state index in [4.69, 9.17) is 4.74 Å². The van der Waals surface area contributed by atoms with Gasteiger partial charge in [-0.05, 0) is 11.1 Å². The highest BCUT2D eigenvalue weighted by Crippen LogP contribution is 2.28. The SMILES string of the molecule is O=c1cc(C2CO2)n(Cc2ccccc2)c(=O)n1Cc1ccccc1. The number of benzene rings is 2. The fourth-order valence-corrected chi connectivity index (χ4v) is 2.95. The fourth-order valence-electron chi connectivity index (χ4n) is 2.95. The topological polar surface area (TPSA) is 56.5 Å². The number of rotatable bonds is 5. The van der Waals surface area contributed by atoms with Gasteiger partial charge in [0.15, 0.2) is 0 Å². The quantitative estimate of drug-likeness (QED) is 0.672. The first kappa shape index (κ1) is 15.6. The summed E-state index contributed by atoms with van der Waals surface area (Å²) in [6, 6.07) is 20.8. The highest BCUT2D eigenvalue weighted by atomic mass is 16.6. The van der Waals surface area contributed by atoms with Gasteiger partial charge >= 0.3 is 5.69 Å². The van der Waals surface area contributed by atoms with Gasteiger partial charge in [0.25, 0.3) is 5.56 Å². The molecule has 1 atom stereocenters. The summed E-state index contributed by atoms with van der Waals surface area (Å²) in [6.07, 6.45) is -0.157. The molecular formula is C20H18N2O3. The van der Waals surface area contributed by atoms with E-state index in [9.17, 15) is 9.59 Å². The predicted octanol–water partition coefficient (Wildman–Crippen LogP) is 2.18. The van der Waals surface area contributed by atoms with Crippen molar-refractivity contribution in [3.05, 3.63) is 104 Å². The summed E-state index contributed by atoms with van der Waals surface area (Å²) in [7, 11) is 0. The maximum atomic E-state index is 13.0. The molecule has 0 saturated carbocycles. The molecular weight excluding hydrogens is 316 g/mol. The Balaban J connectivity index is 1.79. The molecule has 25 heavy (non-hydrogen) atoms. The highest BCUT2D eigenvalue weighted by Gasteiger charge is 2.29. The molecule has 1 aromatic heterocycles. The third-order valence-corrected chi connectivity index (χ3v) is 4.34. The van der Waals surface area contributed by atoms with Gasteiger partial charge in [-0.15, -0.1) is 0 Å². The Morgan fingerprint density at radius 2 is 1.36 bits per heavy atom. The van der Waals surface area contributed by atoms with Crippen molar-refractivity contribution in [1.29, 1.82) is 0 Å². The Labute approximate surface area is 144 Å². The van der Waals surface area contributed by atoms with Crippen LogP contribution in [0, 0.1) is 0 Å². The summed E-state index contributed by atoms with van der Waals surface area (Å²) in [5.74, 6) is 0. The van der Waals surface area contributed by atoms with E-state index in [1.807, 2.05) is 60.7 Å². The number of hydrogen-bond donors (Lipinski definition) is 0. The summed E-state index contributed by atoms with van der Waals surface area (Å²) in [6.45, 7) is 1.24. The summed E-state index contributed by atoms with van der Waals surface area (Å²) in [4.78, 5) is 25.5. The van der Waals surface area contributed by atoms with Gasteiger partial charge in [0.1, 0.15) is 6.10 Å². The predicted molar refractivity (Wildman–Crippen MR) is 94.7 cm³/mol. The van der Waals surface area contributed by atoms with Gasteiger partial charge in [-0.25, -0.2) is 4.79 Å². The average molecular weight is 334 g/mol. The van der Waals surface area contributed by atoms with Crippen molar-refractivity contribution in [3.63, 3.8) is 0 Å². The van der Waals surface area contributed by atoms with E-state index in [2.05, 4.69) is 0 Å². The molecule has 3 aromatic rings. The van der Waals surface area contributed by atoms with Crippen LogP contribution < -0.4 is 11.2 Å². The van der Waals surface area contributed by atoms with Gasteiger partial charge in [0, 0.05) is 6.07 Å². The summed E-state index contributed by atoms with van der Waals surface area (Å²) >= 11 is 0. The largest absolute Gasteiger partial charge is 0.366 e. The van der Waals surface area contributed by atoms with Gasteiger partial charge in [0.2, 0.25) is 0 Å². The minimum Gasteiger partial charge on any atom is -0.366 e. The smallest absolute Gasteiger partial charge is 0.331 e. The molecule has 0 bridgehead atoms. The number of hydrogen-bond acceptors (Lipinski definition) is 3. The molecule has 126 valence electrons. The van der Waals surface area contributed by atoms with Crippen LogP contribution in [0.25, 0.3) is 0 Å². The molecule has 4 rings (SSSR count). The van der Waals surface area contributed by atoms with Crippen LogP contribution in [0.1, 0.15) is 22.9 Å². The van der Waals surface area contributed by atoms with E-state index in [1.54, 1.807) is 4.57 Å². The lowest BCUT2D eigenvalue weighted by atomic mass is 10.2. The lowest BCUT2D eigenvalue weighted by Gasteiger charge is -2.14. The Morgan fingerprint density at radius 1 is 0.840 bits per heavy atom. The number of ether oxygens (including phenoxy) is 1. The molecule has 0 aliphatic carbocycles. The standard InChI is InChI=1S/C20H18N2O3/c23-19-11-17(18-14-25-18)21(12-15-7-3-1-4-8-15)20(24)22(19)13-16-9-5-2-6-10-16/h1-11,18H,12-14H2. The zero-order valence-electron chi connectivity index (χ0n) is 13.7. The normalized spacial score (nSPS) is 15.9. The fraction of sp³-hybridized carbons (Fsp3) is 0.200. The molecule has 1 aliphatic rings. The molecule has 2 aromatic carbocycles. The van der Waals surface area contributed by atoms with Gasteiger partial charge in [-0.2, -0.15) is 0 Å². The second-order valence-electron chi connectivity index (χ2n) is 6.16. The van der Waals surface area contributed by atoms with E-state index in [1.165, 1.54) is 10.6 Å². The number of nitrogens with zero attached hydrogens (tertiary/aromatic N) is 2. The van der Waals surface area contributed by atoms with E-state index in [-0.39, 0.29) is 23.9 Å². The lowest BCUT2D eigenvalue weighted by Crippen LogP contribution is -2.41. The van der Waals surface area contributed by atoms with Crippen LogP contribution in [-0.2, 0) is 17.8 Å².